The summed E-state index contributed by atoms with van der Waals surface area (Å²) in [4.78, 5) is 0. The number of ether oxygens (including phenoxy) is 1. The lowest BCUT2D eigenvalue weighted by molar-refractivity contribution is 0.412. The zero-order valence-corrected chi connectivity index (χ0v) is 14.8. The molecule has 0 amide bonds. The monoisotopic (exact) mass is 347 g/mol. The van der Waals surface area contributed by atoms with Crippen LogP contribution in [0.5, 0.6) is 5.75 Å². The molecule has 0 heterocycles. The molecular formula is C18H22BrNO. The Labute approximate surface area is 135 Å². The quantitative estimate of drug-likeness (QED) is 0.865. The summed E-state index contributed by atoms with van der Waals surface area (Å²) < 4.78 is 6.29. The van der Waals surface area contributed by atoms with E-state index in [-0.39, 0.29) is 6.04 Å². The Balaban J connectivity index is 2.49. The van der Waals surface area contributed by atoms with Crippen molar-refractivity contribution < 1.29 is 4.74 Å². The highest BCUT2D eigenvalue weighted by Crippen LogP contribution is 2.32. The molecule has 0 fully saturated rings. The van der Waals surface area contributed by atoms with Gasteiger partial charge < -0.3 is 10.1 Å². The van der Waals surface area contributed by atoms with Gasteiger partial charge in [0.15, 0.2) is 0 Å². The molecule has 2 nitrogen and oxygen atoms in total. The number of benzene rings is 2. The van der Waals surface area contributed by atoms with Gasteiger partial charge in [0, 0.05) is 0 Å². The normalized spacial score (nSPS) is 12.3. The van der Waals surface area contributed by atoms with Crippen molar-refractivity contribution in [3.8, 4) is 5.75 Å². The van der Waals surface area contributed by atoms with Crippen molar-refractivity contribution in [3.63, 3.8) is 0 Å². The standard InChI is InChI=1S/C18H22BrNO/c1-11-8-13(3)15(9-12(11)2)18(20-4)14-6-7-17(21-5)16(19)10-14/h6-10,18,20H,1-5H3. The van der Waals surface area contributed by atoms with Crippen LogP contribution in [0.3, 0.4) is 0 Å². The number of hydrogen-bond donors (Lipinski definition) is 1. The molecule has 2 aromatic rings. The fourth-order valence-electron chi connectivity index (χ4n) is 2.66. The van der Waals surface area contributed by atoms with E-state index < -0.39 is 0 Å². The molecule has 3 heteroatoms. The van der Waals surface area contributed by atoms with E-state index >= 15 is 0 Å². The number of aryl methyl sites for hydroxylation is 3. The van der Waals surface area contributed by atoms with Crippen LogP contribution in [0.25, 0.3) is 0 Å². The highest BCUT2D eigenvalue weighted by Gasteiger charge is 2.16. The van der Waals surface area contributed by atoms with Crippen LogP contribution in [0, 0.1) is 20.8 Å². The molecule has 0 aliphatic rings. The fourth-order valence-corrected chi connectivity index (χ4v) is 3.22. The molecule has 0 spiro atoms. The molecule has 0 aromatic heterocycles. The van der Waals surface area contributed by atoms with Gasteiger partial charge in [0.05, 0.1) is 17.6 Å². The topological polar surface area (TPSA) is 21.3 Å². The van der Waals surface area contributed by atoms with Crippen LogP contribution >= 0.6 is 15.9 Å². The predicted molar refractivity (Wildman–Crippen MR) is 92.2 cm³/mol. The number of rotatable bonds is 4. The van der Waals surface area contributed by atoms with Gasteiger partial charge >= 0.3 is 0 Å². The highest BCUT2D eigenvalue weighted by atomic mass is 79.9. The van der Waals surface area contributed by atoms with Gasteiger partial charge in [-0.2, -0.15) is 0 Å². The Morgan fingerprint density at radius 3 is 2.24 bits per heavy atom. The Kier molecular flexibility index (Phi) is 5.07. The fraction of sp³-hybridized carbons (Fsp3) is 0.333. The Bertz CT molecular complexity index is 652. The summed E-state index contributed by atoms with van der Waals surface area (Å²) in [5.74, 6) is 0.852. The second-order valence-corrected chi connectivity index (χ2v) is 6.26. The molecule has 1 N–H and O–H groups in total. The Hall–Kier alpha value is -1.32. The van der Waals surface area contributed by atoms with Crippen molar-refractivity contribution in [2.45, 2.75) is 26.8 Å². The van der Waals surface area contributed by atoms with E-state index in [2.05, 4.69) is 66.3 Å². The lowest BCUT2D eigenvalue weighted by Gasteiger charge is -2.21. The molecule has 0 saturated heterocycles. The first-order chi connectivity index (χ1) is 9.97. The molecule has 2 aromatic carbocycles. The van der Waals surface area contributed by atoms with E-state index in [1.165, 1.54) is 27.8 Å². The van der Waals surface area contributed by atoms with Crippen LogP contribution in [-0.4, -0.2) is 14.2 Å². The Morgan fingerprint density at radius 1 is 1.00 bits per heavy atom. The van der Waals surface area contributed by atoms with Crippen LogP contribution in [-0.2, 0) is 0 Å². The highest BCUT2D eigenvalue weighted by molar-refractivity contribution is 9.10. The maximum atomic E-state index is 5.31. The van der Waals surface area contributed by atoms with Gasteiger partial charge in [0.1, 0.15) is 5.75 Å². The predicted octanol–water partition coefficient (Wildman–Crippen LogP) is 4.69. The summed E-state index contributed by atoms with van der Waals surface area (Å²) in [7, 11) is 3.68. The van der Waals surface area contributed by atoms with E-state index in [0.29, 0.717) is 0 Å². The molecule has 1 atom stereocenters. The third-order valence-corrected chi connectivity index (χ3v) is 4.61. The average Bonchev–Trinajstić information content (AvgIpc) is 2.45. The minimum absolute atomic E-state index is 0.173. The Morgan fingerprint density at radius 2 is 1.67 bits per heavy atom. The molecule has 0 saturated carbocycles. The number of hydrogen-bond acceptors (Lipinski definition) is 2. The summed E-state index contributed by atoms with van der Waals surface area (Å²) in [5.41, 5.74) is 6.50. The van der Waals surface area contributed by atoms with Crippen LogP contribution < -0.4 is 10.1 Å². The van der Waals surface area contributed by atoms with E-state index in [0.717, 1.165) is 10.2 Å². The summed E-state index contributed by atoms with van der Waals surface area (Å²) >= 11 is 3.57. The summed E-state index contributed by atoms with van der Waals surface area (Å²) in [6.07, 6.45) is 0. The third-order valence-electron chi connectivity index (χ3n) is 3.99. The lowest BCUT2D eigenvalue weighted by atomic mass is 9.92. The van der Waals surface area contributed by atoms with Crippen LogP contribution in [0.1, 0.15) is 33.9 Å². The van der Waals surface area contributed by atoms with Gasteiger partial charge in [-0.1, -0.05) is 18.2 Å². The smallest absolute Gasteiger partial charge is 0.133 e. The van der Waals surface area contributed by atoms with Crippen LogP contribution in [0.2, 0.25) is 0 Å². The third kappa shape index (κ3) is 3.30. The van der Waals surface area contributed by atoms with Crippen molar-refractivity contribution >= 4 is 15.9 Å². The molecule has 112 valence electrons. The van der Waals surface area contributed by atoms with E-state index in [1.807, 2.05) is 13.1 Å². The molecule has 0 aliphatic carbocycles. The maximum Gasteiger partial charge on any atom is 0.133 e. The van der Waals surface area contributed by atoms with Gasteiger partial charge in [-0.05, 0) is 83.7 Å². The van der Waals surface area contributed by atoms with Gasteiger partial charge in [0.2, 0.25) is 0 Å². The maximum absolute atomic E-state index is 5.31. The van der Waals surface area contributed by atoms with Crippen molar-refractivity contribution in [3.05, 3.63) is 62.6 Å². The zero-order valence-electron chi connectivity index (χ0n) is 13.3. The first-order valence-electron chi connectivity index (χ1n) is 7.06. The SMILES string of the molecule is CNC(c1ccc(OC)c(Br)c1)c1cc(C)c(C)cc1C. The first kappa shape index (κ1) is 16.1. The minimum Gasteiger partial charge on any atom is -0.496 e. The second kappa shape index (κ2) is 6.63. The minimum atomic E-state index is 0.173. The number of halogens is 1. The van der Waals surface area contributed by atoms with E-state index in [4.69, 9.17) is 4.74 Å². The number of methoxy groups -OCH3 is 1. The first-order valence-corrected chi connectivity index (χ1v) is 7.85. The largest absolute Gasteiger partial charge is 0.496 e. The van der Waals surface area contributed by atoms with Crippen LogP contribution in [0.4, 0.5) is 0 Å². The van der Waals surface area contributed by atoms with E-state index in [9.17, 15) is 0 Å². The van der Waals surface area contributed by atoms with Gasteiger partial charge in [-0.25, -0.2) is 0 Å². The van der Waals surface area contributed by atoms with Crippen LogP contribution in [0.15, 0.2) is 34.8 Å². The molecule has 0 aliphatic heterocycles. The van der Waals surface area contributed by atoms with Crippen molar-refractivity contribution in [2.24, 2.45) is 0 Å². The molecule has 1 unspecified atom stereocenters. The summed E-state index contributed by atoms with van der Waals surface area (Å²) in [6.45, 7) is 6.49. The van der Waals surface area contributed by atoms with Crippen molar-refractivity contribution in [1.82, 2.24) is 5.32 Å². The number of nitrogens with one attached hydrogen (secondary N) is 1. The summed E-state index contributed by atoms with van der Waals surface area (Å²) in [6, 6.07) is 10.9. The molecule has 2 rings (SSSR count). The van der Waals surface area contributed by atoms with E-state index in [1.54, 1.807) is 7.11 Å². The molecule has 0 radical (unpaired) electrons. The van der Waals surface area contributed by atoms with Gasteiger partial charge in [0.25, 0.3) is 0 Å². The van der Waals surface area contributed by atoms with Crippen molar-refractivity contribution in [1.29, 1.82) is 0 Å². The molecule has 0 bridgehead atoms. The molecule has 21 heavy (non-hydrogen) atoms. The summed E-state index contributed by atoms with van der Waals surface area (Å²) in [5, 5.41) is 3.43. The van der Waals surface area contributed by atoms with Crippen molar-refractivity contribution in [2.75, 3.05) is 14.2 Å². The lowest BCUT2D eigenvalue weighted by Crippen LogP contribution is -2.19. The van der Waals surface area contributed by atoms with Gasteiger partial charge in [-0.3, -0.25) is 0 Å². The molecular weight excluding hydrogens is 326 g/mol. The zero-order chi connectivity index (χ0) is 15.6. The second-order valence-electron chi connectivity index (χ2n) is 5.41. The van der Waals surface area contributed by atoms with Gasteiger partial charge in [-0.15, -0.1) is 0 Å². The average molecular weight is 348 g/mol.